The largest absolute Gasteiger partial charge is 0.455 e. The minimum atomic E-state index is -0.536. The molecule has 3 nitrogen and oxygen atoms in total. The first-order valence-corrected chi connectivity index (χ1v) is 23.3. The van der Waals surface area contributed by atoms with E-state index in [-0.39, 0.29) is 0 Å². The molecule has 1 aliphatic carbocycles. The maximum atomic E-state index is 6.82. The number of nitrogens with zero attached hydrogens (tertiary/aromatic N) is 1. The highest BCUT2D eigenvalue weighted by atomic mass is 16.3. The van der Waals surface area contributed by atoms with Crippen molar-refractivity contribution >= 4 is 71.7 Å². The topological polar surface area (TPSA) is 29.5 Å². The van der Waals surface area contributed by atoms with Crippen LogP contribution in [0.15, 0.2) is 258 Å². The number of hydrogen-bond acceptors (Lipinski definition) is 3. The minimum absolute atomic E-state index is 0.536. The first-order valence-electron chi connectivity index (χ1n) is 23.3. The second-order valence-electron chi connectivity index (χ2n) is 17.9. The normalized spacial score (nSPS) is 12.8. The van der Waals surface area contributed by atoms with E-state index in [9.17, 15) is 0 Å². The third-order valence-corrected chi connectivity index (χ3v) is 14.4. The number of para-hydroxylation sites is 3. The van der Waals surface area contributed by atoms with Crippen molar-refractivity contribution in [1.82, 2.24) is 0 Å². The molecule has 13 aromatic rings. The monoisotopic (exact) mass is 867 g/mol. The molecular formula is C65H41NO2. The quantitative estimate of drug-likeness (QED) is 0.160. The molecule has 0 atom stereocenters. The standard InChI is InChI=1S/C65H41NO2/c1-3-17-45(18-4-1)65(46-19-5-2-6-20-46)57-28-11-9-23-56(57)61-58(65)29-15-30-59(61)66(47-37-32-43(33-38-47)50-24-13-26-53-52-22-10-12-31-60(52)67-62(50)53)48-39-34-44(35-40-48)51-25-14-27-54-55-41-36-42-16-7-8-21-49(42)64(55)68-63(51)54/h1-41H. The number of benzene rings is 11. The second-order valence-corrected chi connectivity index (χ2v) is 17.9. The number of hydrogen-bond donors (Lipinski definition) is 0. The molecule has 68 heavy (non-hydrogen) atoms. The van der Waals surface area contributed by atoms with Crippen LogP contribution in [0.25, 0.3) is 88.0 Å². The molecule has 0 N–H and O–H groups in total. The van der Waals surface area contributed by atoms with Gasteiger partial charge in [0.05, 0.1) is 11.1 Å². The number of fused-ring (bicyclic) bond motifs is 11. The zero-order valence-electron chi connectivity index (χ0n) is 36.9. The highest BCUT2D eigenvalue weighted by Gasteiger charge is 2.47. The summed E-state index contributed by atoms with van der Waals surface area (Å²) in [5.74, 6) is 0. The number of rotatable bonds is 7. The van der Waals surface area contributed by atoms with Gasteiger partial charge in [-0.15, -0.1) is 0 Å². The molecule has 3 heteroatoms. The Labute approximate surface area is 393 Å². The summed E-state index contributed by atoms with van der Waals surface area (Å²) in [7, 11) is 0. The fraction of sp³-hybridized carbons (Fsp3) is 0.0154. The van der Waals surface area contributed by atoms with E-state index in [1.54, 1.807) is 0 Å². The molecule has 2 heterocycles. The van der Waals surface area contributed by atoms with Crippen LogP contribution in [0.3, 0.4) is 0 Å². The molecule has 0 radical (unpaired) electrons. The molecule has 11 aromatic carbocycles. The van der Waals surface area contributed by atoms with E-state index in [0.717, 1.165) is 88.6 Å². The first kappa shape index (κ1) is 38.4. The molecule has 0 aliphatic heterocycles. The average Bonchev–Trinajstić information content (AvgIpc) is 4.09. The third-order valence-electron chi connectivity index (χ3n) is 14.4. The fourth-order valence-electron chi connectivity index (χ4n) is 11.4. The Morgan fingerprint density at radius 2 is 0.809 bits per heavy atom. The lowest BCUT2D eigenvalue weighted by molar-refractivity contribution is 0.670. The molecule has 0 bridgehead atoms. The van der Waals surface area contributed by atoms with E-state index >= 15 is 0 Å². The minimum Gasteiger partial charge on any atom is -0.455 e. The van der Waals surface area contributed by atoms with Crippen molar-refractivity contribution in [3.8, 4) is 33.4 Å². The molecule has 2 aromatic heterocycles. The van der Waals surface area contributed by atoms with E-state index in [1.165, 1.54) is 38.8 Å². The lowest BCUT2D eigenvalue weighted by Crippen LogP contribution is -2.28. The van der Waals surface area contributed by atoms with E-state index in [0.29, 0.717) is 0 Å². The lowest BCUT2D eigenvalue weighted by Gasteiger charge is -2.34. The van der Waals surface area contributed by atoms with Crippen molar-refractivity contribution in [1.29, 1.82) is 0 Å². The molecule has 0 saturated heterocycles. The van der Waals surface area contributed by atoms with Crippen LogP contribution in [-0.2, 0) is 5.41 Å². The lowest BCUT2D eigenvalue weighted by atomic mass is 9.68. The van der Waals surface area contributed by atoms with Crippen molar-refractivity contribution in [2.75, 3.05) is 4.90 Å². The summed E-state index contributed by atoms with van der Waals surface area (Å²) >= 11 is 0. The van der Waals surface area contributed by atoms with Gasteiger partial charge in [0, 0.05) is 55.0 Å². The molecule has 0 fully saturated rings. The van der Waals surface area contributed by atoms with Gasteiger partial charge in [-0.3, -0.25) is 0 Å². The van der Waals surface area contributed by atoms with Gasteiger partial charge in [-0.25, -0.2) is 0 Å². The summed E-state index contributed by atoms with van der Waals surface area (Å²) in [6, 6.07) is 90.0. The van der Waals surface area contributed by atoms with Gasteiger partial charge in [-0.1, -0.05) is 206 Å². The summed E-state index contributed by atoms with van der Waals surface area (Å²) in [6.45, 7) is 0. The van der Waals surface area contributed by atoms with Gasteiger partial charge >= 0.3 is 0 Å². The molecule has 0 unspecified atom stereocenters. The van der Waals surface area contributed by atoms with E-state index in [4.69, 9.17) is 8.83 Å². The molecule has 0 saturated carbocycles. The van der Waals surface area contributed by atoms with Crippen LogP contribution in [0.1, 0.15) is 22.3 Å². The van der Waals surface area contributed by atoms with E-state index < -0.39 is 5.41 Å². The summed E-state index contributed by atoms with van der Waals surface area (Å²) < 4.78 is 13.3. The van der Waals surface area contributed by atoms with Crippen LogP contribution in [0, 0.1) is 0 Å². The maximum absolute atomic E-state index is 6.82. The predicted octanol–water partition coefficient (Wildman–Crippen LogP) is 17.8. The number of furan rings is 2. The zero-order chi connectivity index (χ0) is 44.8. The highest BCUT2D eigenvalue weighted by molar-refractivity contribution is 6.17. The molecule has 0 spiro atoms. The fourth-order valence-corrected chi connectivity index (χ4v) is 11.4. The summed E-state index contributed by atoms with van der Waals surface area (Å²) in [4.78, 5) is 2.44. The molecule has 0 amide bonds. The maximum Gasteiger partial charge on any atom is 0.143 e. The van der Waals surface area contributed by atoms with Crippen molar-refractivity contribution in [2.24, 2.45) is 0 Å². The molecule has 1 aliphatic rings. The van der Waals surface area contributed by atoms with Gasteiger partial charge in [0.25, 0.3) is 0 Å². The smallest absolute Gasteiger partial charge is 0.143 e. The van der Waals surface area contributed by atoms with Gasteiger partial charge in [0.1, 0.15) is 22.3 Å². The van der Waals surface area contributed by atoms with Crippen LogP contribution >= 0.6 is 0 Å². The Morgan fingerprint density at radius 3 is 1.50 bits per heavy atom. The summed E-state index contributed by atoms with van der Waals surface area (Å²) in [6.07, 6.45) is 0. The zero-order valence-corrected chi connectivity index (χ0v) is 36.9. The number of anilines is 3. The first-order chi connectivity index (χ1) is 33.7. The molecule has 14 rings (SSSR count). The highest BCUT2D eigenvalue weighted by Crippen LogP contribution is 2.59. The summed E-state index contributed by atoms with van der Waals surface area (Å²) in [5.41, 5.74) is 18.1. The predicted molar refractivity (Wildman–Crippen MR) is 281 cm³/mol. The molecular weight excluding hydrogens is 827 g/mol. The van der Waals surface area contributed by atoms with Crippen molar-refractivity contribution in [2.45, 2.75) is 5.41 Å². The third kappa shape index (κ3) is 5.60. The van der Waals surface area contributed by atoms with Gasteiger partial charge in [-0.2, -0.15) is 0 Å². The van der Waals surface area contributed by atoms with Crippen LogP contribution in [0.2, 0.25) is 0 Å². The Kier molecular flexibility index (Phi) is 8.50. The Bertz CT molecular complexity index is 4030. The van der Waals surface area contributed by atoms with Gasteiger partial charge in [0.15, 0.2) is 0 Å². The van der Waals surface area contributed by atoms with Crippen LogP contribution in [0.4, 0.5) is 17.1 Å². The van der Waals surface area contributed by atoms with Gasteiger partial charge in [0.2, 0.25) is 0 Å². The van der Waals surface area contributed by atoms with Crippen LogP contribution in [0.5, 0.6) is 0 Å². The summed E-state index contributed by atoms with van der Waals surface area (Å²) in [5, 5.41) is 6.79. The van der Waals surface area contributed by atoms with Crippen LogP contribution < -0.4 is 4.90 Å². The van der Waals surface area contributed by atoms with Crippen molar-refractivity contribution in [3.05, 3.63) is 271 Å². The van der Waals surface area contributed by atoms with Crippen LogP contribution in [-0.4, -0.2) is 0 Å². The van der Waals surface area contributed by atoms with Crippen molar-refractivity contribution in [3.63, 3.8) is 0 Å². The van der Waals surface area contributed by atoms with Gasteiger partial charge in [-0.05, 0) is 86.8 Å². The molecule has 318 valence electrons. The Morgan fingerprint density at radius 1 is 0.309 bits per heavy atom. The van der Waals surface area contributed by atoms with E-state index in [1.807, 2.05) is 12.1 Å². The average molecular weight is 868 g/mol. The van der Waals surface area contributed by atoms with Gasteiger partial charge < -0.3 is 13.7 Å². The van der Waals surface area contributed by atoms with E-state index in [2.05, 4.69) is 241 Å². The Balaban J connectivity index is 0.967. The SMILES string of the molecule is c1ccc(C2(c3ccccc3)c3ccccc3-c3c(N(c4ccc(-c5cccc6c5oc5ccccc56)cc4)c4ccc(-c5cccc6c5oc5c7ccccc7ccc65)cc4)cccc32)cc1. The second kappa shape index (κ2) is 15.1. The van der Waals surface area contributed by atoms with Crippen molar-refractivity contribution < 1.29 is 8.83 Å². The Hall–Kier alpha value is -8.92.